The van der Waals surface area contributed by atoms with Crippen molar-refractivity contribution in [2.75, 3.05) is 5.32 Å². The van der Waals surface area contributed by atoms with Crippen molar-refractivity contribution in [2.24, 2.45) is 0 Å². The minimum Gasteiger partial charge on any atom is -0.320 e. The number of hydrogen-bond donors (Lipinski definition) is 1. The van der Waals surface area contributed by atoms with Crippen LogP contribution in [0.1, 0.15) is 15.9 Å². The van der Waals surface area contributed by atoms with E-state index in [9.17, 15) is 9.18 Å². The van der Waals surface area contributed by atoms with Crippen molar-refractivity contribution in [1.29, 1.82) is 5.26 Å². The van der Waals surface area contributed by atoms with Crippen LogP contribution in [0.2, 0.25) is 5.02 Å². The van der Waals surface area contributed by atoms with Crippen molar-refractivity contribution in [3.8, 4) is 6.07 Å². The molecule has 0 atom stereocenters. The monoisotopic (exact) mass is 352 g/mol. The maximum Gasteiger partial charge on any atom is 0.258 e. The van der Waals surface area contributed by atoms with E-state index in [-0.39, 0.29) is 16.3 Å². The first-order chi connectivity index (χ1) is 9.51. The molecule has 2 rings (SSSR count). The van der Waals surface area contributed by atoms with Crippen LogP contribution in [0.3, 0.4) is 0 Å². The lowest BCUT2D eigenvalue weighted by atomic mass is 10.1. The molecule has 0 unspecified atom stereocenters. The molecule has 0 heterocycles. The second kappa shape index (κ2) is 6.04. The first-order valence-electron chi connectivity index (χ1n) is 5.47. The molecule has 0 spiro atoms. The number of carbonyl (C=O) groups excluding carboxylic acids is 1. The molecule has 0 saturated heterocycles. The quantitative estimate of drug-likeness (QED) is 0.872. The standard InChI is InChI=1S/C14H7BrClFN2O/c15-9-2-3-10(12(17)6-9)14(20)19-13-5-8(7-18)1-4-11(13)16/h1-6H,(H,19,20). The van der Waals surface area contributed by atoms with E-state index in [1.54, 1.807) is 6.07 Å². The number of rotatable bonds is 2. The van der Waals surface area contributed by atoms with Gasteiger partial charge in [0.15, 0.2) is 0 Å². The van der Waals surface area contributed by atoms with Crippen LogP contribution in [0, 0.1) is 17.1 Å². The molecule has 0 fully saturated rings. The molecule has 2 aromatic carbocycles. The van der Waals surface area contributed by atoms with Gasteiger partial charge in [0.1, 0.15) is 5.82 Å². The molecule has 1 N–H and O–H groups in total. The summed E-state index contributed by atoms with van der Waals surface area (Å²) in [5.74, 6) is -1.28. The summed E-state index contributed by atoms with van der Waals surface area (Å²) in [6, 6.07) is 10.5. The molecule has 0 aliphatic rings. The van der Waals surface area contributed by atoms with Crippen LogP contribution < -0.4 is 5.32 Å². The molecule has 1 amide bonds. The number of nitriles is 1. The molecule has 6 heteroatoms. The van der Waals surface area contributed by atoms with Crippen LogP contribution in [0.25, 0.3) is 0 Å². The largest absolute Gasteiger partial charge is 0.320 e. The van der Waals surface area contributed by atoms with E-state index in [1.807, 2.05) is 6.07 Å². The van der Waals surface area contributed by atoms with Gasteiger partial charge in [0.2, 0.25) is 0 Å². The third kappa shape index (κ3) is 3.16. The van der Waals surface area contributed by atoms with Crippen LogP contribution >= 0.6 is 27.5 Å². The van der Waals surface area contributed by atoms with Gasteiger partial charge in [0, 0.05) is 4.47 Å². The minimum absolute atomic E-state index is 0.105. The molecule has 0 aromatic heterocycles. The summed E-state index contributed by atoms with van der Waals surface area (Å²) in [6.45, 7) is 0. The summed E-state index contributed by atoms with van der Waals surface area (Å²) in [7, 11) is 0. The number of nitrogens with zero attached hydrogens (tertiary/aromatic N) is 1. The topological polar surface area (TPSA) is 52.9 Å². The fourth-order valence-corrected chi connectivity index (χ4v) is 2.05. The van der Waals surface area contributed by atoms with Crippen molar-refractivity contribution in [2.45, 2.75) is 0 Å². The van der Waals surface area contributed by atoms with Gasteiger partial charge in [0.25, 0.3) is 5.91 Å². The first kappa shape index (κ1) is 14.5. The summed E-state index contributed by atoms with van der Waals surface area (Å²) in [5, 5.41) is 11.6. The fraction of sp³-hybridized carbons (Fsp3) is 0. The number of amides is 1. The van der Waals surface area contributed by atoms with Crippen LogP contribution in [0.15, 0.2) is 40.9 Å². The zero-order valence-corrected chi connectivity index (χ0v) is 12.3. The molecule has 0 radical (unpaired) electrons. The van der Waals surface area contributed by atoms with Gasteiger partial charge in [-0.1, -0.05) is 27.5 Å². The van der Waals surface area contributed by atoms with E-state index in [0.717, 1.165) is 0 Å². The summed E-state index contributed by atoms with van der Waals surface area (Å²) >= 11 is 9.04. The Labute approximate surface area is 128 Å². The fourth-order valence-electron chi connectivity index (χ4n) is 1.55. The Bertz CT molecular complexity index is 728. The second-order valence-electron chi connectivity index (χ2n) is 3.88. The zero-order valence-electron chi connectivity index (χ0n) is 9.95. The van der Waals surface area contributed by atoms with E-state index in [0.29, 0.717) is 10.0 Å². The number of carbonyl (C=O) groups is 1. The van der Waals surface area contributed by atoms with Crippen molar-refractivity contribution < 1.29 is 9.18 Å². The number of anilines is 1. The number of benzene rings is 2. The predicted octanol–water partition coefficient (Wildman–Crippen LogP) is 4.37. The second-order valence-corrected chi connectivity index (χ2v) is 5.21. The van der Waals surface area contributed by atoms with Crippen molar-refractivity contribution in [3.63, 3.8) is 0 Å². The van der Waals surface area contributed by atoms with Gasteiger partial charge in [0.05, 0.1) is 27.9 Å². The highest BCUT2D eigenvalue weighted by atomic mass is 79.9. The molecular weight excluding hydrogens is 347 g/mol. The maximum atomic E-state index is 13.7. The third-order valence-electron chi connectivity index (χ3n) is 2.52. The molecule has 0 aliphatic heterocycles. The summed E-state index contributed by atoms with van der Waals surface area (Å²) in [6.07, 6.45) is 0. The Kier molecular flexibility index (Phi) is 4.38. The Morgan fingerprint density at radius 2 is 2.05 bits per heavy atom. The summed E-state index contributed by atoms with van der Waals surface area (Å²) < 4.78 is 14.2. The van der Waals surface area contributed by atoms with E-state index in [2.05, 4.69) is 21.2 Å². The van der Waals surface area contributed by atoms with Crippen LogP contribution in [0.4, 0.5) is 10.1 Å². The van der Waals surface area contributed by atoms with E-state index in [1.165, 1.54) is 30.3 Å². The smallest absolute Gasteiger partial charge is 0.258 e. The number of nitrogens with one attached hydrogen (secondary N) is 1. The summed E-state index contributed by atoms with van der Waals surface area (Å²) in [5.41, 5.74) is 0.505. The predicted molar refractivity (Wildman–Crippen MR) is 78.2 cm³/mol. The molecule has 0 saturated carbocycles. The highest BCUT2D eigenvalue weighted by molar-refractivity contribution is 9.10. The van der Waals surface area contributed by atoms with Gasteiger partial charge in [-0.25, -0.2) is 4.39 Å². The Morgan fingerprint density at radius 3 is 2.70 bits per heavy atom. The van der Waals surface area contributed by atoms with Crippen LogP contribution in [-0.2, 0) is 0 Å². The van der Waals surface area contributed by atoms with Crippen LogP contribution in [0.5, 0.6) is 0 Å². The maximum absolute atomic E-state index is 13.7. The van der Waals surface area contributed by atoms with E-state index in [4.69, 9.17) is 16.9 Å². The molecule has 3 nitrogen and oxygen atoms in total. The molecule has 2 aromatic rings. The number of hydrogen-bond acceptors (Lipinski definition) is 2. The third-order valence-corrected chi connectivity index (χ3v) is 3.34. The zero-order chi connectivity index (χ0) is 14.7. The van der Waals surface area contributed by atoms with Crippen LogP contribution in [-0.4, -0.2) is 5.91 Å². The molecular formula is C14H7BrClFN2O. The molecule has 20 heavy (non-hydrogen) atoms. The van der Waals surface area contributed by atoms with Crippen molar-refractivity contribution >= 4 is 39.1 Å². The number of halogens is 3. The first-order valence-corrected chi connectivity index (χ1v) is 6.64. The Morgan fingerprint density at radius 1 is 1.30 bits per heavy atom. The molecule has 0 aliphatic carbocycles. The average molecular weight is 354 g/mol. The van der Waals surface area contributed by atoms with Crippen molar-refractivity contribution in [3.05, 3.63) is 62.8 Å². The molecule has 100 valence electrons. The van der Waals surface area contributed by atoms with Gasteiger partial charge in [-0.15, -0.1) is 0 Å². The van der Waals surface area contributed by atoms with Gasteiger partial charge in [-0.05, 0) is 36.4 Å². The highest BCUT2D eigenvalue weighted by Crippen LogP contribution is 2.24. The summed E-state index contributed by atoms with van der Waals surface area (Å²) in [4.78, 5) is 12.0. The SMILES string of the molecule is N#Cc1ccc(Cl)c(NC(=O)c2ccc(Br)cc2F)c1. The Hall–Kier alpha value is -1.90. The minimum atomic E-state index is -0.649. The van der Waals surface area contributed by atoms with Gasteiger partial charge in [-0.3, -0.25) is 4.79 Å². The lowest BCUT2D eigenvalue weighted by molar-refractivity contribution is 0.102. The van der Waals surface area contributed by atoms with Crippen molar-refractivity contribution in [1.82, 2.24) is 0 Å². The van der Waals surface area contributed by atoms with Gasteiger partial charge in [-0.2, -0.15) is 5.26 Å². The van der Waals surface area contributed by atoms with Gasteiger partial charge < -0.3 is 5.32 Å². The van der Waals surface area contributed by atoms with Gasteiger partial charge >= 0.3 is 0 Å². The average Bonchev–Trinajstić information content (AvgIpc) is 2.41. The lowest BCUT2D eigenvalue weighted by Gasteiger charge is -2.08. The normalized spacial score (nSPS) is 9.90. The Balaban J connectivity index is 2.30. The molecule has 0 bridgehead atoms. The lowest BCUT2D eigenvalue weighted by Crippen LogP contribution is -2.14. The highest BCUT2D eigenvalue weighted by Gasteiger charge is 2.13. The van der Waals surface area contributed by atoms with E-state index >= 15 is 0 Å². The van der Waals surface area contributed by atoms with E-state index < -0.39 is 11.7 Å².